The van der Waals surface area contributed by atoms with Gasteiger partial charge in [0, 0.05) is 30.0 Å². The molecule has 1 unspecified atom stereocenters. The minimum absolute atomic E-state index is 0.273. The number of carbonyl (C=O) groups is 2. The van der Waals surface area contributed by atoms with Gasteiger partial charge in [-0.3, -0.25) is 4.79 Å². The first kappa shape index (κ1) is 20.7. The Bertz CT molecular complexity index is 1180. The van der Waals surface area contributed by atoms with Gasteiger partial charge in [0.05, 0.1) is 0 Å². The molecule has 7 heteroatoms. The Kier molecular flexibility index (Phi) is 5.75. The largest absolute Gasteiger partial charge is 0.484 e. The number of nitrogens with zero attached hydrogens (tertiary/aromatic N) is 1. The Morgan fingerprint density at radius 2 is 1.97 bits per heavy atom. The number of benzene rings is 2. The van der Waals surface area contributed by atoms with Gasteiger partial charge in [-0.2, -0.15) is 0 Å². The first-order chi connectivity index (χ1) is 14.9. The van der Waals surface area contributed by atoms with E-state index in [4.69, 9.17) is 9.15 Å². The summed E-state index contributed by atoms with van der Waals surface area (Å²) in [4.78, 5) is 37.6. The fourth-order valence-corrected chi connectivity index (χ4v) is 4.02. The number of carbonyl (C=O) groups excluding carboxylic acids is 1. The van der Waals surface area contributed by atoms with E-state index >= 15 is 0 Å². The van der Waals surface area contributed by atoms with Crippen molar-refractivity contribution in [2.24, 2.45) is 0 Å². The molecular formula is C24H23NO6. The SMILES string of the molecule is Cc1c(Cc2ccccc2)c(=O)oc2cc(OCC(=O)N3CCCC3C(=O)O)ccc12. The lowest BCUT2D eigenvalue weighted by atomic mass is 10.00. The predicted octanol–water partition coefficient (Wildman–Crippen LogP) is 3.15. The van der Waals surface area contributed by atoms with Crippen LogP contribution in [0.4, 0.5) is 0 Å². The van der Waals surface area contributed by atoms with Gasteiger partial charge in [-0.05, 0) is 43.0 Å². The summed E-state index contributed by atoms with van der Waals surface area (Å²) < 4.78 is 11.1. The third-order valence-electron chi connectivity index (χ3n) is 5.70. The number of carboxylic acid groups (broad SMARTS) is 1. The number of hydrogen-bond acceptors (Lipinski definition) is 5. The second-order valence-corrected chi connectivity index (χ2v) is 7.69. The molecule has 0 saturated carbocycles. The van der Waals surface area contributed by atoms with Crippen molar-refractivity contribution in [1.82, 2.24) is 4.90 Å². The van der Waals surface area contributed by atoms with Crippen LogP contribution in [0.15, 0.2) is 57.7 Å². The maximum absolute atomic E-state index is 12.6. The maximum Gasteiger partial charge on any atom is 0.340 e. The van der Waals surface area contributed by atoms with Crippen LogP contribution >= 0.6 is 0 Å². The van der Waals surface area contributed by atoms with Gasteiger partial charge in [0.25, 0.3) is 5.91 Å². The number of ether oxygens (including phenoxy) is 1. The number of aliphatic carboxylic acids is 1. The first-order valence-electron chi connectivity index (χ1n) is 10.2. The number of carboxylic acids is 1. The summed E-state index contributed by atoms with van der Waals surface area (Å²) in [5.74, 6) is -0.994. The summed E-state index contributed by atoms with van der Waals surface area (Å²) in [5, 5.41) is 10.0. The summed E-state index contributed by atoms with van der Waals surface area (Å²) >= 11 is 0. The van der Waals surface area contributed by atoms with E-state index in [9.17, 15) is 19.5 Å². The topological polar surface area (TPSA) is 97.0 Å². The Labute approximate surface area is 178 Å². The molecule has 2 heterocycles. The molecule has 1 aromatic heterocycles. The van der Waals surface area contributed by atoms with Crippen molar-refractivity contribution < 1.29 is 23.8 Å². The van der Waals surface area contributed by atoms with Crippen LogP contribution in [0.25, 0.3) is 11.0 Å². The minimum Gasteiger partial charge on any atom is -0.484 e. The molecule has 1 N–H and O–H groups in total. The van der Waals surface area contributed by atoms with Gasteiger partial charge in [0.1, 0.15) is 17.4 Å². The maximum atomic E-state index is 12.6. The number of aryl methyl sites for hydroxylation is 1. The lowest BCUT2D eigenvalue weighted by molar-refractivity contribution is -0.148. The normalized spacial score (nSPS) is 15.9. The van der Waals surface area contributed by atoms with Crippen LogP contribution in [0.2, 0.25) is 0 Å². The smallest absolute Gasteiger partial charge is 0.340 e. The summed E-state index contributed by atoms with van der Waals surface area (Å²) in [5.41, 5.74) is 2.46. The fraction of sp³-hybridized carbons (Fsp3) is 0.292. The molecule has 3 aromatic rings. The summed E-state index contributed by atoms with van der Waals surface area (Å²) in [6.07, 6.45) is 1.60. The molecule has 1 atom stereocenters. The molecule has 1 amide bonds. The highest BCUT2D eigenvalue weighted by Crippen LogP contribution is 2.25. The highest BCUT2D eigenvalue weighted by atomic mass is 16.5. The van der Waals surface area contributed by atoms with Crippen LogP contribution in [0.3, 0.4) is 0 Å². The second kappa shape index (κ2) is 8.63. The monoisotopic (exact) mass is 421 g/mol. The Morgan fingerprint density at radius 1 is 1.19 bits per heavy atom. The predicted molar refractivity (Wildman–Crippen MR) is 114 cm³/mol. The van der Waals surface area contributed by atoms with Crippen molar-refractivity contribution in [3.63, 3.8) is 0 Å². The molecule has 7 nitrogen and oxygen atoms in total. The van der Waals surface area contributed by atoms with Gasteiger partial charge in [0.2, 0.25) is 0 Å². The minimum atomic E-state index is -1.000. The van der Waals surface area contributed by atoms with Crippen molar-refractivity contribution in [2.45, 2.75) is 32.2 Å². The van der Waals surface area contributed by atoms with Crippen LogP contribution in [0, 0.1) is 6.92 Å². The number of amides is 1. The molecule has 1 aliphatic heterocycles. The first-order valence-corrected chi connectivity index (χ1v) is 10.2. The average Bonchev–Trinajstić information content (AvgIpc) is 3.26. The van der Waals surface area contributed by atoms with Gasteiger partial charge in [-0.25, -0.2) is 9.59 Å². The molecule has 4 rings (SSSR count). The molecule has 1 fully saturated rings. The zero-order valence-electron chi connectivity index (χ0n) is 17.2. The molecule has 0 radical (unpaired) electrons. The van der Waals surface area contributed by atoms with Crippen LogP contribution in [-0.4, -0.2) is 41.1 Å². The number of rotatable bonds is 6. The highest BCUT2D eigenvalue weighted by molar-refractivity contribution is 5.85. The molecule has 1 aliphatic rings. The summed E-state index contributed by atoms with van der Waals surface area (Å²) in [7, 11) is 0. The molecule has 1 saturated heterocycles. The Balaban J connectivity index is 1.52. The quantitative estimate of drug-likeness (QED) is 0.614. The lowest BCUT2D eigenvalue weighted by Crippen LogP contribution is -2.42. The fourth-order valence-electron chi connectivity index (χ4n) is 4.02. The van der Waals surface area contributed by atoms with E-state index in [2.05, 4.69) is 0 Å². The highest BCUT2D eigenvalue weighted by Gasteiger charge is 2.33. The molecule has 0 spiro atoms. The van der Waals surface area contributed by atoms with Crippen molar-refractivity contribution in [1.29, 1.82) is 0 Å². The van der Waals surface area contributed by atoms with Gasteiger partial charge in [0.15, 0.2) is 6.61 Å². The van der Waals surface area contributed by atoms with E-state index in [1.54, 1.807) is 18.2 Å². The molecule has 0 aliphatic carbocycles. The Morgan fingerprint density at radius 3 is 2.71 bits per heavy atom. The molecule has 31 heavy (non-hydrogen) atoms. The van der Waals surface area contributed by atoms with E-state index in [0.29, 0.717) is 42.7 Å². The van der Waals surface area contributed by atoms with Gasteiger partial charge in [-0.15, -0.1) is 0 Å². The number of hydrogen-bond donors (Lipinski definition) is 1. The zero-order chi connectivity index (χ0) is 22.0. The summed E-state index contributed by atoms with van der Waals surface area (Å²) in [6, 6.07) is 14.0. The van der Waals surface area contributed by atoms with Crippen molar-refractivity contribution in [2.75, 3.05) is 13.2 Å². The average molecular weight is 421 g/mol. The van der Waals surface area contributed by atoms with Gasteiger partial charge in [-0.1, -0.05) is 30.3 Å². The van der Waals surface area contributed by atoms with E-state index < -0.39 is 17.6 Å². The second-order valence-electron chi connectivity index (χ2n) is 7.69. The van der Waals surface area contributed by atoms with Crippen LogP contribution in [-0.2, 0) is 16.0 Å². The van der Waals surface area contributed by atoms with E-state index in [-0.39, 0.29) is 12.5 Å². The molecule has 2 aromatic carbocycles. The molecule has 160 valence electrons. The molecule has 0 bridgehead atoms. The van der Waals surface area contributed by atoms with E-state index in [1.807, 2.05) is 37.3 Å². The summed E-state index contributed by atoms with van der Waals surface area (Å²) in [6.45, 7) is 2.03. The molecular weight excluding hydrogens is 398 g/mol. The van der Waals surface area contributed by atoms with Crippen molar-refractivity contribution >= 4 is 22.8 Å². The van der Waals surface area contributed by atoms with Crippen LogP contribution < -0.4 is 10.4 Å². The Hall–Kier alpha value is -3.61. The van der Waals surface area contributed by atoms with Crippen molar-refractivity contribution in [3.05, 3.63) is 75.6 Å². The van der Waals surface area contributed by atoms with Crippen LogP contribution in [0.1, 0.15) is 29.5 Å². The lowest BCUT2D eigenvalue weighted by Gasteiger charge is -2.21. The number of fused-ring (bicyclic) bond motifs is 1. The number of likely N-dealkylation sites (tertiary alicyclic amines) is 1. The van der Waals surface area contributed by atoms with Gasteiger partial charge >= 0.3 is 11.6 Å². The standard InChI is InChI=1S/C24H23NO6/c1-15-18-10-9-17(30-14-22(26)25-11-5-8-20(25)23(27)28)13-21(18)31-24(29)19(15)12-16-6-3-2-4-7-16/h2-4,6-7,9-10,13,20H,5,8,11-12,14H2,1H3,(H,27,28). The van der Waals surface area contributed by atoms with E-state index in [1.165, 1.54) is 4.90 Å². The van der Waals surface area contributed by atoms with Crippen molar-refractivity contribution in [3.8, 4) is 5.75 Å². The van der Waals surface area contributed by atoms with Crippen LogP contribution in [0.5, 0.6) is 5.75 Å². The third kappa shape index (κ3) is 4.30. The zero-order valence-corrected chi connectivity index (χ0v) is 17.2. The van der Waals surface area contributed by atoms with Gasteiger partial charge < -0.3 is 19.2 Å². The van der Waals surface area contributed by atoms with E-state index in [0.717, 1.165) is 16.5 Å². The third-order valence-corrected chi connectivity index (χ3v) is 5.70.